The first kappa shape index (κ1) is 13.4. The summed E-state index contributed by atoms with van der Waals surface area (Å²) in [5, 5.41) is 0. The third-order valence-electron chi connectivity index (χ3n) is 2.82. The summed E-state index contributed by atoms with van der Waals surface area (Å²) in [6.45, 7) is 0. The third-order valence-corrected chi connectivity index (χ3v) is 2.82. The monoisotopic (exact) mass is 267 g/mol. The normalized spacial score (nSPS) is 12.3. The van der Waals surface area contributed by atoms with Gasteiger partial charge in [0.05, 0.1) is 13.2 Å². The van der Waals surface area contributed by atoms with Crippen molar-refractivity contribution in [3.8, 4) is 5.75 Å². The Kier molecular flexibility index (Phi) is 3.76. The van der Waals surface area contributed by atoms with Gasteiger partial charge in [0, 0.05) is 11.1 Å². The first-order valence-electron chi connectivity index (χ1n) is 5.57. The maximum Gasteiger partial charge on any atom is 0.128 e. The molecule has 0 saturated heterocycles. The first-order valence-corrected chi connectivity index (χ1v) is 5.57. The zero-order chi connectivity index (χ0) is 14.0. The van der Waals surface area contributed by atoms with Crippen molar-refractivity contribution in [3.05, 3.63) is 65.0 Å². The lowest BCUT2D eigenvalue weighted by molar-refractivity contribution is 0.405. The van der Waals surface area contributed by atoms with Crippen molar-refractivity contribution < 1.29 is 17.9 Å². The number of ether oxygens (including phenoxy) is 1. The molecule has 0 radical (unpaired) electrons. The molecule has 0 heterocycles. The third kappa shape index (κ3) is 2.71. The molecule has 0 saturated carbocycles. The van der Waals surface area contributed by atoms with Gasteiger partial charge in [-0.05, 0) is 36.4 Å². The predicted octanol–water partition coefficient (Wildman–Crippen LogP) is 3.16. The van der Waals surface area contributed by atoms with Crippen LogP contribution in [0.4, 0.5) is 13.2 Å². The van der Waals surface area contributed by atoms with Gasteiger partial charge in [-0.2, -0.15) is 0 Å². The molecule has 0 amide bonds. The lowest BCUT2D eigenvalue weighted by Crippen LogP contribution is -2.15. The molecule has 2 aromatic carbocycles. The number of hydrogen-bond donors (Lipinski definition) is 1. The van der Waals surface area contributed by atoms with E-state index >= 15 is 0 Å². The van der Waals surface area contributed by atoms with E-state index < -0.39 is 23.5 Å². The van der Waals surface area contributed by atoms with Crippen molar-refractivity contribution >= 4 is 0 Å². The second-order valence-corrected chi connectivity index (χ2v) is 4.03. The van der Waals surface area contributed by atoms with Gasteiger partial charge in [0.25, 0.3) is 0 Å². The summed E-state index contributed by atoms with van der Waals surface area (Å²) in [6.07, 6.45) is 0. The fourth-order valence-corrected chi connectivity index (χ4v) is 1.87. The van der Waals surface area contributed by atoms with Crippen molar-refractivity contribution in [2.75, 3.05) is 7.11 Å². The molecule has 1 unspecified atom stereocenters. The van der Waals surface area contributed by atoms with E-state index in [0.29, 0.717) is 5.75 Å². The quantitative estimate of drug-likeness (QED) is 0.927. The average Bonchev–Trinajstić information content (AvgIpc) is 2.40. The van der Waals surface area contributed by atoms with E-state index in [1.54, 1.807) is 0 Å². The van der Waals surface area contributed by atoms with Crippen LogP contribution in [0.5, 0.6) is 5.75 Å². The van der Waals surface area contributed by atoms with Crippen LogP contribution in [0, 0.1) is 17.5 Å². The summed E-state index contributed by atoms with van der Waals surface area (Å²) in [5.41, 5.74) is 6.08. The number of benzene rings is 2. The van der Waals surface area contributed by atoms with E-state index in [2.05, 4.69) is 0 Å². The fraction of sp³-hybridized carbons (Fsp3) is 0.143. The summed E-state index contributed by atoms with van der Waals surface area (Å²) < 4.78 is 45.1. The van der Waals surface area contributed by atoms with Crippen LogP contribution in [0.2, 0.25) is 0 Å². The van der Waals surface area contributed by atoms with E-state index in [0.717, 1.165) is 24.3 Å². The van der Waals surface area contributed by atoms with E-state index in [1.807, 2.05) is 0 Å². The van der Waals surface area contributed by atoms with Crippen LogP contribution in [0.25, 0.3) is 0 Å². The van der Waals surface area contributed by atoms with Crippen LogP contribution in [0.3, 0.4) is 0 Å². The first-order chi connectivity index (χ1) is 9.02. The van der Waals surface area contributed by atoms with Gasteiger partial charge >= 0.3 is 0 Å². The highest BCUT2D eigenvalue weighted by atomic mass is 19.1. The number of nitrogens with two attached hydrogens (primary N) is 1. The van der Waals surface area contributed by atoms with E-state index in [-0.39, 0.29) is 11.1 Å². The number of hydrogen-bond acceptors (Lipinski definition) is 2. The molecule has 0 aliphatic heterocycles. The van der Waals surface area contributed by atoms with E-state index in [9.17, 15) is 13.2 Å². The lowest BCUT2D eigenvalue weighted by atomic mass is 9.98. The van der Waals surface area contributed by atoms with Gasteiger partial charge < -0.3 is 10.5 Å². The lowest BCUT2D eigenvalue weighted by Gasteiger charge is -2.17. The molecular formula is C14H12F3NO. The minimum Gasteiger partial charge on any atom is -0.496 e. The highest BCUT2D eigenvalue weighted by Crippen LogP contribution is 2.30. The Balaban J connectivity index is 2.51. The Morgan fingerprint density at radius 3 is 2.16 bits per heavy atom. The molecule has 2 aromatic rings. The van der Waals surface area contributed by atoms with Crippen molar-refractivity contribution in [2.24, 2.45) is 5.73 Å². The highest BCUT2D eigenvalue weighted by Gasteiger charge is 2.19. The van der Waals surface area contributed by atoms with E-state index in [1.165, 1.54) is 19.2 Å². The van der Waals surface area contributed by atoms with Crippen LogP contribution < -0.4 is 10.5 Å². The molecule has 5 heteroatoms. The maximum atomic E-state index is 13.7. The van der Waals surface area contributed by atoms with Crippen LogP contribution in [0.15, 0.2) is 36.4 Å². The number of methoxy groups -OCH3 is 1. The van der Waals surface area contributed by atoms with Crippen LogP contribution >= 0.6 is 0 Å². The smallest absolute Gasteiger partial charge is 0.128 e. The molecular weight excluding hydrogens is 255 g/mol. The molecule has 1 atom stereocenters. The predicted molar refractivity (Wildman–Crippen MR) is 65.3 cm³/mol. The van der Waals surface area contributed by atoms with Crippen molar-refractivity contribution in [1.82, 2.24) is 0 Å². The fourth-order valence-electron chi connectivity index (χ4n) is 1.87. The maximum absolute atomic E-state index is 13.7. The average molecular weight is 267 g/mol. The van der Waals surface area contributed by atoms with Gasteiger partial charge in [0.1, 0.15) is 23.2 Å². The molecule has 0 aliphatic rings. The summed E-state index contributed by atoms with van der Waals surface area (Å²) in [7, 11) is 1.39. The summed E-state index contributed by atoms with van der Waals surface area (Å²) >= 11 is 0. The van der Waals surface area contributed by atoms with Crippen molar-refractivity contribution in [3.63, 3.8) is 0 Å². The summed E-state index contributed by atoms with van der Waals surface area (Å²) in [4.78, 5) is 0. The topological polar surface area (TPSA) is 35.2 Å². The van der Waals surface area contributed by atoms with Gasteiger partial charge in [-0.25, -0.2) is 13.2 Å². The Morgan fingerprint density at radius 1 is 0.947 bits per heavy atom. The van der Waals surface area contributed by atoms with Crippen molar-refractivity contribution in [2.45, 2.75) is 6.04 Å². The Morgan fingerprint density at radius 2 is 1.53 bits per heavy atom. The molecule has 0 aliphatic carbocycles. The van der Waals surface area contributed by atoms with Gasteiger partial charge in [-0.3, -0.25) is 0 Å². The molecule has 0 aromatic heterocycles. The Hall–Kier alpha value is -2.01. The van der Waals surface area contributed by atoms with Gasteiger partial charge in [0.2, 0.25) is 0 Å². The molecule has 100 valence electrons. The second-order valence-electron chi connectivity index (χ2n) is 4.03. The van der Waals surface area contributed by atoms with Crippen LogP contribution in [-0.4, -0.2) is 7.11 Å². The van der Waals surface area contributed by atoms with Gasteiger partial charge in [-0.1, -0.05) is 0 Å². The largest absolute Gasteiger partial charge is 0.496 e. The minimum atomic E-state index is -1.01. The summed E-state index contributed by atoms with van der Waals surface area (Å²) in [5.74, 6) is -1.47. The SMILES string of the molecule is COc1ccc(F)cc1C(N)c1cc(F)ccc1F. The standard InChI is InChI=1S/C14H12F3NO/c1-19-13-5-3-9(16)7-11(13)14(18)10-6-8(15)2-4-12(10)17/h2-7,14H,18H2,1H3. The zero-order valence-corrected chi connectivity index (χ0v) is 10.2. The Labute approximate surface area is 108 Å². The molecule has 0 fully saturated rings. The summed E-state index contributed by atoms with van der Waals surface area (Å²) in [6, 6.07) is 5.70. The molecule has 2 nitrogen and oxygen atoms in total. The number of rotatable bonds is 3. The van der Waals surface area contributed by atoms with Crippen LogP contribution in [0.1, 0.15) is 17.2 Å². The van der Waals surface area contributed by atoms with Gasteiger partial charge in [0.15, 0.2) is 0 Å². The van der Waals surface area contributed by atoms with Gasteiger partial charge in [-0.15, -0.1) is 0 Å². The second kappa shape index (κ2) is 5.32. The molecule has 0 bridgehead atoms. The van der Waals surface area contributed by atoms with Crippen LogP contribution in [-0.2, 0) is 0 Å². The molecule has 19 heavy (non-hydrogen) atoms. The zero-order valence-electron chi connectivity index (χ0n) is 10.2. The Bertz CT molecular complexity index is 601. The van der Waals surface area contributed by atoms with E-state index in [4.69, 9.17) is 10.5 Å². The molecule has 0 spiro atoms. The molecule has 2 N–H and O–H groups in total. The van der Waals surface area contributed by atoms with Crippen molar-refractivity contribution in [1.29, 1.82) is 0 Å². The number of halogens is 3. The highest BCUT2D eigenvalue weighted by molar-refractivity contribution is 5.42. The molecule has 2 rings (SSSR count). The minimum absolute atomic E-state index is 0.0519.